The first-order valence-electron chi connectivity index (χ1n) is 18.0. The second-order valence-electron chi connectivity index (χ2n) is 14.1. The Kier molecular flexibility index (Phi) is 15.6. The van der Waals surface area contributed by atoms with E-state index in [0.29, 0.717) is 30.8 Å². The Balaban J connectivity index is 0.000000940. The van der Waals surface area contributed by atoms with Crippen molar-refractivity contribution in [2.75, 3.05) is 60.0 Å². The van der Waals surface area contributed by atoms with E-state index < -0.39 is 33.7 Å². The second-order valence-corrected chi connectivity index (χ2v) is 16.6. The number of hydrogen-bond acceptors (Lipinski definition) is 10. The van der Waals surface area contributed by atoms with Crippen LogP contribution in [0, 0.1) is 13.8 Å². The van der Waals surface area contributed by atoms with E-state index >= 15 is 0 Å². The molecule has 2 aromatic carbocycles. The number of carboxylic acids is 1. The molecule has 5 rings (SSSR count). The maximum absolute atomic E-state index is 14.2. The number of amides is 2. The van der Waals surface area contributed by atoms with Gasteiger partial charge in [-0.3, -0.25) is 9.59 Å². The Labute approximate surface area is 339 Å². The third-order valence-electron chi connectivity index (χ3n) is 9.59. The molecule has 2 fully saturated rings. The van der Waals surface area contributed by atoms with Crippen LogP contribution >= 0.6 is 23.2 Å². The number of ether oxygens (including phenoxy) is 2. The van der Waals surface area contributed by atoms with Gasteiger partial charge in [0.25, 0.3) is 0 Å². The predicted octanol–water partition coefficient (Wildman–Crippen LogP) is 4.54. The molecule has 2 aliphatic heterocycles. The average Bonchev–Trinajstić information content (AvgIpc) is 3.14. The number of aliphatic carboxylic acids is 1. The summed E-state index contributed by atoms with van der Waals surface area (Å²) in [5.41, 5.74) is 7.58. The van der Waals surface area contributed by atoms with Gasteiger partial charge in [0, 0.05) is 61.1 Å². The first-order chi connectivity index (χ1) is 26.7. The molecule has 0 bridgehead atoms. The van der Waals surface area contributed by atoms with Crippen molar-refractivity contribution in [3.8, 4) is 5.75 Å². The van der Waals surface area contributed by atoms with Crippen molar-refractivity contribution in [2.24, 2.45) is 5.73 Å². The largest absolute Gasteiger partial charge is 0.490 e. The van der Waals surface area contributed by atoms with Crippen molar-refractivity contribution in [3.63, 3.8) is 0 Å². The fourth-order valence-electron chi connectivity index (χ4n) is 6.55. The Hall–Kier alpha value is -3.78. The second kappa shape index (κ2) is 19.3. The van der Waals surface area contributed by atoms with Crippen molar-refractivity contribution < 1.29 is 50.6 Å². The monoisotopic (exact) mass is 862 g/mol. The van der Waals surface area contributed by atoms with Gasteiger partial charge in [0.2, 0.25) is 21.8 Å². The predicted molar refractivity (Wildman–Crippen MR) is 208 cm³/mol. The van der Waals surface area contributed by atoms with Gasteiger partial charge in [-0.1, -0.05) is 35.3 Å². The van der Waals surface area contributed by atoms with Crippen molar-refractivity contribution >= 4 is 61.9 Å². The number of fused-ring (bicyclic) bond motifs is 1. The molecule has 0 spiro atoms. The molecule has 1 aromatic heterocycles. The van der Waals surface area contributed by atoms with Crippen LogP contribution in [0.5, 0.6) is 5.75 Å². The topological polar surface area (TPSA) is 185 Å². The number of rotatable bonds is 12. The summed E-state index contributed by atoms with van der Waals surface area (Å²) in [5, 5.41) is 8.19. The van der Waals surface area contributed by atoms with Crippen molar-refractivity contribution in [1.29, 1.82) is 0 Å². The molecule has 0 unspecified atom stereocenters. The number of nitrogens with zero attached hydrogens (tertiary/aromatic N) is 4. The zero-order valence-corrected chi connectivity index (χ0v) is 34.3. The van der Waals surface area contributed by atoms with E-state index in [1.807, 2.05) is 51.0 Å². The van der Waals surface area contributed by atoms with Crippen LogP contribution < -0.4 is 15.2 Å². The van der Waals surface area contributed by atoms with E-state index in [-0.39, 0.29) is 78.1 Å². The van der Waals surface area contributed by atoms with Crippen LogP contribution in [0.4, 0.5) is 13.2 Å². The number of halogens is 5. The van der Waals surface area contributed by atoms with E-state index in [2.05, 4.69) is 9.71 Å². The molecule has 0 aliphatic carbocycles. The number of aromatic nitrogens is 1. The van der Waals surface area contributed by atoms with Crippen molar-refractivity contribution in [2.45, 2.75) is 68.8 Å². The first kappa shape index (κ1) is 45.9. The number of para-hydroxylation sites is 1. The number of piperazine rings is 1. The summed E-state index contributed by atoms with van der Waals surface area (Å²) in [7, 11) is -0.405. The Morgan fingerprint density at radius 3 is 2.28 bits per heavy atom. The van der Waals surface area contributed by atoms with E-state index in [1.54, 1.807) is 15.9 Å². The number of benzene rings is 2. The van der Waals surface area contributed by atoms with Gasteiger partial charge < -0.3 is 35.0 Å². The number of carbonyl (C=O) groups is 3. The molecule has 2 aliphatic rings. The maximum Gasteiger partial charge on any atom is 0.490 e. The SMILES string of the molecule is Cc1cc(C)c2cccc(OCc3c(Cl)ccc(S(=O)(=O)NC4(C(=O)N5CCN(C(=O)[C@@H](N)CCCN(C)C)CC5)CCOCC4)c3Cl)c2n1.O=C(O)C(F)(F)F. The summed E-state index contributed by atoms with van der Waals surface area (Å²) in [6, 6.07) is 9.77. The van der Waals surface area contributed by atoms with Crippen LogP contribution in [0.3, 0.4) is 0 Å². The van der Waals surface area contributed by atoms with Gasteiger partial charge in [-0.05, 0) is 90.0 Å². The number of nitrogens with one attached hydrogen (secondary N) is 1. The van der Waals surface area contributed by atoms with Crippen LogP contribution in [0.2, 0.25) is 10.0 Å². The molecule has 4 N–H and O–H groups in total. The van der Waals surface area contributed by atoms with E-state index in [1.165, 1.54) is 12.1 Å². The van der Waals surface area contributed by atoms with Gasteiger partial charge in [-0.25, -0.2) is 18.2 Å². The Morgan fingerprint density at radius 2 is 1.68 bits per heavy atom. The number of sulfonamides is 1. The number of aryl methyl sites for hydroxylation is 2. The molecule has 0 saturated carbocycles. The zero-order chi connectivity index (χ0) is 42.3. The van der Waals surface area contributed by atoms with Crippen LogP contribution in [0.1, 0.15) is 42.5 Å². The lowest BCUT2D eigenvalue weighted by Gasteiger charge is -2.43. The molecule has 1 atom stereocenters. The number of carbonyl (C=O) groups excluding carboxylic acids is 2. The standard InChI is InChI=1S/C35H46Cl2N6O6S.C2HF3O2/c1-23-21-24(2)39-32-25(23)7-5-9-29(32)49-22-26-27(36)10-11-30(31(26)37)50(46,47)40-35(12-19-48-20-13-35)34(45)43-17-15-42(16-18-43)33(44)28(38)8-6-14-41(3)4;3-2(4,5)1(6)7/h5,7,9-11,21,28,40H,6,8,12-20,22,38H2,1-4H3;(H,6,7)/t28-;/m0./s1. The molecular formula is C37H47Cl2F3N6O8S. The normalized spacial score (nSPS) is 16.5. The molecule has 14 nitrogen and oxygen atoms in total. The minimum atomic E-state index is -5.08. The first-order valence-corrected chi connectivity index (χ1v) is 20.3. The molecule has 20 heteroatoms. The van der Waals surface area contributed by atoms with Gasteiger partial charge in [0.15, 0.2) is 0 Å². The van der Waals surface area contributed by atoms with E-state index in [9.17, 15) is 31.2 Å². The minimum absolute atomic E-state index is 0.103. The molecule has 314 valence electrons. The number of pyridine rings is 1. The lowest BCUT2D eigenvalue weighted by molar-refractivity contribution is -0.192. The Morgan fingerprint density at radius 1 is 1.07 bits per heavy atom. The molecular weight excluding hydrogens is 816 g/mol. The highest BCUT2D eigenvalue weighted by Gasteiger charge is 2.47. The molecule has 3 aromatic rings. The highest BCUT2D eigenvalue weighted by Crippen LogP contribution is 2.35. The summed E-state index contributed by atoms with van der Waals surface area (Å²) in [6.07, 6.45) is -3.44. The van der Waals surface area contributed by atoms with Gasteiger partial charge in [0.05, 0.1) is 11.1 Å². The van der Waals surface area contributed by atoms with Gasteiger partial charge in [0.1, 0.15) is 28.3 Å². The third-order valence-corrected chi connectivity index (χ3v) is 12.1. The maximum atomic E-state index is 14.2. The fourth-order valence-corrected chi connectivity index (χ4v) is 8.85. The quantitative estimate of drug-likeness (QED) is 0.232. The summed E-state index contributed by atoms with van der Waals surface area (Å²) in [6.45, 7) is 6.14. The summed E-state index contributed by atoms with van der Waals surface area (Å²) in [4.78, 5) is 45.8. The average molecular weight is 864 g/mol. The molecule has 3 heterocycles. The number of nitrogens with two attached hydrogens (primary N) is 1. The lowest BCUT2D eigenvalue weighted by atomic mass is 9.89. The number of carboxylic acid groups (broad SMARTS) is 1. The van der Waals surface area contributed by atoms with Gasteiger partial charge in [-0.2, -0.15) is 17.9 Å². The summed E-state index contributed by atoms with van der Waals surface area (Å²) in [5.74, 6) is -2.76. The van der Waals surface area contributed by atoms with Crippen LogP contribution in [-0.4, -0.2) is 129 Å². The van der Waals surface area contributed by atoms with E-state index in [4.69, 9.17) is 48.3 Å². The number of hydrogen-bond donors (Lipinski definition) is 3. The van der Waals surface area contributed by atoms with Crippen LogP contribution in [0.25, 0.3) is 10.9 Å². The highest BCUT2D eigenvalue weighted by atomic mass is 35.5. The smallest absolute Gasteiger partial charge is 0.487 e. The Bertz CT molecular complexity index is 2040. The van der Waals surface area contributed by atoms with Gasteiger partial charge >= 0.3 is 12.1 Å². The van der Waals surface area contributed by atoms with Crippen molar-refractivity contribution in [1.82, 2.24) is 24.4 Å². The summed E-state index contributed by atoms with van der Waals surface area (Å²) < 4.78 is 74.3. The summed E-state index contributed by atoms with van der Waals surface area (Å²) >= 11 is 13.3. The van der Waals surface area contributed by atoms with Gasteiger partial charge in [-0.15, -0.1) is 0 Å². The fraction of sp³-hybridized carbons (Fsp3) is 0.514. The molecule has 2 saturated heterocycles. The number of alkyl halides is 3. The third kappa shape index (κ3) is 11.7. The highest BCUT2D eigenvalue weighted by molar-refractivity contribution is 7.89. The van der Waals surface area contributed by atoms with E-state index in [0.717, 1.165) is 29.6 Å². The van der Waals surface area contributed by atoms with Crippen LogP contribution in [0.15, 0.2) is 41.3 Å². The molecule has 57 heavy (non-hydrogen) atoms. The zero-order valence-electron chi connectivity index (χ0n) is 32.0. The lowest BCUT2D eigenvalue weighted by Crippen LogP contribution is -2.64. The van der Waals surface area contributed by atoms with Crippen molar-refractivity contribution in [3.05, 3.63) is 63.3 Å². The van der Waals surface area contributed by atoms with Crippen LogP contribution in [-0.2, 0) is 35.8 Å². The molecule has 2 amide bonds. The minimum Gasteiger partial charge on any atom is -0.487 e. The molecule has 0 radical (unpaired) electrons.